The first-order valence-electron chi connectivity index (χ1n) is 9.24. The highest BCUT2D eigenvalue weighted by Crippen LogP contribution is 2.19. The molecule has 158 valence electrons. The normalized spacial score (nSPS) is 32.9. The van der Waals surface area contributed by atoms with Crippen LogP contribution in [0.25, 0.3) is 0 Å². The molecule has 6 unspecified atom stereocenters. The number of rotatable bonds is 3. The number of aliphatic hydroxyl groups is 4. The van der Waals surface area contributed by atoms with Gasteiger partial charge < -0.3 is 31.5 Å². The van der Waals surface area contributed by atoms with Gasteiger partial charge in [0.25, 0.3) is 0 Å². The van der Waals surface area contributed by atoms with Crippen molar-refractivity contribution in [3.63, 3.8) is 0 Å². The third-order valence-corrected chi connectivity index (χ3v) is 5.10. The molecule has 2 aliphatic rings. The first-order valence-corrected chi connectivity index (χ1v) is 9.24. The second kappa shape index (κ2) is 13.2. The van der Waals surface area contributed by atoms with Crippen molar-refractivity contribution >= 4 is 0 Å². The number of benzene rings is 1. The van der Waals surface area contributed by atoms with Gasteiger partial charge in [0.05, 0.1) is 24.4 Å². The molecule has 6 nitrogen and oxygen atoms in total. The number of aliphatic hydroxyl groups excluding tert-OH is 4. The van der Waals surface area contributed by atoms with Gasteiger partial charge in [-0.15, -0.1) is 0 Å². The predicted octanol–water partition coefficient (Wildman–Crippen LogP) is 1.54. The maximum Gasteiger partial charge on any atom is 0.0951 e. The maximum absolute atomic E-state index is 9.80. The van der Waals surface area contributed by atoms with E-state index in [1.165, 1.54) is 5.56 Å². The second-order valence-electron chi connectivity index (χ2n) is 7.11. The van der Waals surface area contributed by atoms with Crippen LogP contribution in [-0.4, -0.2) is 56.9 Å². The van der Waals surface area contributed by atoms with Crippen LogP contribution >= 0.6 is 0 Å². The third kappa shape index (κ3) is 8.25. The monoisotopic (exact) mass is 384 g/mol. The molecular weight excluding hydrogens is 344 g/mol. The van der Waals surface area contributed by atoms with Gasteiger partial charge in [-0.25, -0.2) is 0 Å². The summed E-state index contributed by atoms with van der Waals surface area (Å²) >= 11 is 0. The number of hydrogen-bond donors (Lipinski definition) is 6. The Labute approximate surface area is 164 Å². The molecule has 2 fully saturated rings. The largest absolute Gasteiger partial charge is 0.390 e. The maximum atomic E-state index is 9.80. The molecule has 1 aromatic carbocycles. The van der Waals surface area contributed by atoms with Gasteiger partial charge in [-0.1, -0.05) is 45.2 Å². The van der Waals surface area contributed by atoms with E-state index in [-0.39, 0.29) is 26.9 Å². The van der Waals surface area contributed by atoms with Gasteiger partial charge in [0.2, 0.25) is 0 Å². The van der Waals surface area contributed by atoms with Crippen molar-refractivity contribution in [1.82, 2.24) is 5.32 Å². The van der Waals surface area contributed by atoms with E-state index in [9.17, 15) is 10.2 Å². The van der Waals surface area contributed by atoms with E-state index in [0.717, 1.165) is 32.2 Å². The minimum absolute atomic E-state index is 0. The van der Waals surface area contributed by atoms with Crippen LogP contribution in [0.15, 0.2) is 30.3 Å². The van der Waals surface area contributed by atoms with Crippen LogP contribution in [0.4, 0.5) is 0 Å². The SMILES string of the molecule is C.C.NC1CCCC(O)C1O.OC1CCCC(NCc2ccccc2)C1O. The van der Waals surface area contributed by atoms with E-state index in [2.05, 4.69) is 17.4 Å². The Morgan fingerprint density at radius 2 is 1.37 bits per heavy atom. The summed E-state index contributed by atoms with van der Waals surface area (Å²) in [6, 6.07) is 9.91. The van der Waals surface area contributed by atoms with E-state index >= 15 is 0 Å². The van der Waals surface area contributed by atoms with E-state index in [4.69, 9.17) is 15.9 Å². The Kier molecular flexibility index (Phi) is 12.7. The summed E-state index contributed by atoms with van der Waals surface area (Å²) in [5, 5.41) is 40.8. The van der Waals surface area contributed by atoms with Gasteiger partial charge in [-0.2, -0.15) is 0 Å². The highest BCUT2D eigenvalue weighted by atomic mass is 16.3. The summed E-state index contributed by atoms with van der Waals surface area (Å²) in [5.41, 5.74) is 6.66. The van der Waals surface area contributed by atoms with Crippen molar-refractivity contribution in [3.05, 3.63) is 35.9 Å². The molecule has 0 amide bonds. The fraction of sp³-hybridized carbons (Fsp3) is 0.714. The smallest absolute Gasteiger partial charge is 0.0951 e. The van der Waals surface area contributed by atoms with Crippen LogP contribution in [0.3, 0.4) is 0 Å². The number of nitrogens with two attached hydrogens (primary N) is 1. The Hall–Kier alpha value is -1.02. The Morgan fingerprint density at radius 3 is 1.93 bits per heavy atom. The third-order valence-electron chi connectivity index (χ3n) is 5.10. The molecule has 0 aromatic heterocycles. The fourth-order valence-electron chi connectivity index (χ4n) is 3.41. The molecule has 6 atom stereocenters. The zero-order chi connectivity index (χ0) is 18.2. The molecule has 3 rings (SSSR count). The summed E-state index contributed by atoms with van der Waals surface area (Å²) < 4.78 is 0. The number of hydrogen-bond acceptors (Lipinski definition) is 6. The molecule has 6 heteroatoms. The standard InChI is InChI=1S/C13H19NO2.C6H13NO2.2CH4/c15-12-8-4-7-11(13(12)16)14-9-10-5-2-1-3-6-10;7-4-2-1-3-5(8)6(4)9;;/h1-3,5-6,11-16H,4,7-9H2;4-6,8-9H,1-3,7H2;2*1H4. The van der Waals surface area contributed by atoms with Crippen LogP contribution < -0.4 is 11.1 Å². The van der Waals surface area contributed by atoms with E-state index < -0.39 is 24.4 Å². The van der Waals surface area contributed by atoms with Crippen LogP contribution in [0.5, 0.6) is 0 Å². The predicted molar refractivity (Wildman–Crippen MR) is 110 cm³/mol. The minimum Gasteiger partial charge on any atom is -0.390 e. The summed E-state index contributed by atoms with van der Waals surface area (Å²) in [6.45, 7) is 0.745. The van der Waals surface area contributed by atoms with Crippen molar-refractivity contribution in [2.75, 3.05) is 0 Å². The van der Waals surface area contributed by atoms with Crippen molar-refractivity contribution in [3.8, 4) is 0 Å². The first kappa shape index (κ1) is 26.0. The lowest BCUT2D eigenvalue weighted by atomic mass is 9.90. The number of nitrogens with one attached hydrogen (secondary N) is 1. The van der Waals surface area contributed by atoms with Crippen LogP contribution in [-0.2, 0) is 6.54 Å². The lowest BCUT2D eigenvalue weighted by molar-refractivity contribution is -0.0297. The van der Waals surface area contributed by atoms with Crippen molar-refractivity contribution < 1.29 is 20.4 Å². The highest BCUT2D eigenvalue weighted by Gasteiger charge is 2.29. The minimum atomic E-state index is -0.696. The molecule has 0 bridgehead atoms. The van der Waals surface area contributed by atoms with Crippen LogP contribution in [0, 0.1) is 0 Å². The second-order valence-corrected chi connectivity index (χ2v) is 7.11. The van der Waals surface area contributed by atoms with E-state index in [1.807, 2.05) is 18.2 Å². The molecule has 0 heterocycles. The quantitative estimate of drug-likeness (QED) is 0.470. The fourth-order valence-corrected chi connectivity index (χ4v) is 3.41. The highest BCUT2D eigenvalue weighted by molar-refractivity contribution is 5.14. The topological polar surface area (TPSA) is 119 Å². The summed E-state index contributed by atoms with van der Waals surface area (Å²) in [4.78, 5) is 0. The van der Waals surface area contributed by atoms with E-state index in [1.54, 1.807) is 0 Å². The van der Waals surface area contributed by atoms with Gasteiger partial charge in [0.1, 0.15) is 0 Å². The molecule has 2 aliphatic carbocycles. The van der Waals surface area contributed by atoms with Gasteiger partial charge in [0, 0.05) is 18.6 Å². The molecule has 1 aromatic rings. The molecule has 27 heavy (non-hydrogen) atoms. The molecule has 0 radical (unpaired) electrons. The average Bonchev–Trinajstić information content (AvgIpc) is 2.62. The van der Waals surface area contributed by atoms with Gasteiger partial charge >= 0.3 is 0 Å². The van der Waals surface area contributed by atoms with Crippen LogP contribution in [0.1, 0.15) is 58.9 Å². The van der Waals surface area contributed by atoms with Gasteiger partial charge in [-0.05, 0) is 44.1 Å². The lowest BCUT2D eigenvalue weighted by Crippen LogP contribution is -2.48. The molecule has 0 spiro atoms. The van der Waals surface area contributed by atoms with Gasteiger partial charge in [-0.3, -0.25) is 0 Å². The summed E-state index contributed by atoms with van der Waals surface area (Å²) in [7, 11) is 0. The Morgan fingerprint density at radius 1 is 0.815 bits per heavy atom. The summed E-state index contributed by atoms with van der Waals surface area (Å²) in [5.74, 6) is 0. The van der Waals surface area contributed by atoms with Crippen molar-refractivity contribution in [1.29, 1.82) is 0 Å². The molecule has 2 saturated carbocycles. The molecule has 7 N–H and O–H groups in total. The average molecular weight is 385 g/mol. The molecule has 0 aliphatic heterocycles. The lowest BCUT2D eigenvalue weighted by Gasteiger charge is -2.32. The van der Waals surface area contributed by atoms with Gasteiger partial charge in [0.15, 0.2) is 0 Å². The van der Waals surface area contributed by atoms with Crippen LogP contribution in [0.2, 0.25) is 0 Å². The van der Waals surface area contributed by atoms with Crippen molar-refractivity contribution in [2.24, 2.45) is 5.73 Å². The summed E-state index contributed by atoms with van der Waals surface area (Å²) in [6.07, 6.45) is 2.60. The molecule has 0 saturated heterocycles. The Bertz CT molecular complexity index is 478. The van der Waals surface area contributed by atoms with E-state index in [0.29, 0.717) is 12.8 Å². The zero-order valence-corrected chi connectivity index (χ0v) is 14.7. The first-order chi connectivity index (χ1) is 12.0. The Balaban J connectivity index is 0.000000532. The zero-order valence-electron chi connectivity index (χ0n) is 14.7. The molecular formula is C21H40N2O4. The van der Waals surface area contributed by atoms with Crippen molar-refractivity contribution in [2.45, 2.75) is 96.4 Å².